The van der Waals surface area contributed by atoms with Crippen molar-refractivity contribution in [1.29, 1.82) is 0 Å². The lowest BCUT2D eigenvalue weighted by Crippen LogP contribution is -2.55. The molecule has 0 aromatic rings. The second-order valence-corrected chi connectivity index (χ2v) is 5.36. The Morgan fingerprint density at radius 2 is 1.90 bits per heavy atom. The van der Waals surface area contributed by atoms with Crippen LogP contribution < -0.4 is 5.32 Å². The molecule has 1 saturated heterocycles. The third-order valence-corrected chi connectivity index (χ3v) is 3.46. The first-order valence-corrected chi connectivity index (χ1v) is 7.48. The predicted octanol–water partition coefficient (Wildman–Crippen LogP) is -0.947. The number of amides is 2. The van der Waals surface area contributed by atoms with Gasteiger partial charge in [-0.3, -0.25) is 14.5 Å². The van der Waals surface area contributed by atoms with Crippen LogP contribution in [0.15, 0.2) is 0 Å². The van der Waals surface area contributed by atoms with Gasteiger partial charge in [-0.2, -0.15) is 0 Å². The molecule has 7 heteroatoms. The fourth-order valence-corrected chi connectivity index (χ4v) is 2.40. The molecule has 1 aliphatic heterocycles. The number of nitrogens with zero attached hydrogens (tertiary/aromatic N) is 2. The molecule has 7 nitrogen and oxygen atoms in total. The van der Waals surface area contributed by atoms with Crippen LogP contribution in [0.2, 0.25) is 0 Å². The summed E-state index contributed by atoms with van der Waals surface area (Å²) in [4.78, 5) is 27.0. The van der Waals surface area contributed by atoms with Gasteiger partial charge in [0, 0.05) is 46.3 Å². The third-order valence-electron chi connectivity index (χ3n) is 3.46. The number of aliphatic hydroxyl groups is 1. The molecule has 0 spiro atoms. The quantitative estimate of drug-likeness (QED) is 0.634. The highest BCUT2D eigenvalue weighted by Crippen LogP contribution is 2.05. The van der Waals surface area contributed by atoms with Crippen molar-refractivity contribution >= 4 is 11.8 Å². The van der Waals surface area contributed by atoms with Gasteiger partial charge in [-0.25, -0.2) is 0 Å². The summed E-state index contributed by atoms with van der Waals surface area (Å²) in [6.07, 6.45) is -0.495. The number of hydrogen-bond acceptors (Lipinski definition) is 5. The van der Waals surface area contributed by atoms with Gasteiger partial charge in [-0.1, -0.05) is 0 Å². The molecular weight excluding hydrogens is 274 g/mol. The number of hydrogen-bond donors (Lipinski definition) is 2. The van der Waals surface area contributed by atoms with Gasteiger partial charge in [-0.05, 0) is 13.8 Å². The number of β-amino-alcohol motifs (C(OH)–C–C–N with tert-alkyl or cyclic N) is 1. The minimum Gasteiger partial charge on any atom is -0.389 e. The summed E-state index contributed by atoms with van der Waals surface area (Å²) in [7, 11) is 0. The molecule has 0 saturated carbocycles. The highest BCUT2D eigenvalue weighted by Gasteiger charge is 2.25. The molecule has 0 bridgehead atoms. The summed E-state index contributed by atoms with van der Waals surface area (Å²) in [6.45, 7) is 9.17. The number of ether oxygens (including phenoxy) is 1. The molecule has 2 atom stereocenters. The second-order valence-electron chi connectivity index (χ2n) is 5.36. The lowest BCUT2D eigenvalue weighted by Gasteiger charge is -2.36. The van der Waals surface area contributed by atoms with Gasteiger partial charge >= 0.3 is 0 Å². The highest BCUT2D eigenvalue weighted by atomic mass is 16.5. The van der Waals surface area contributed by atoms with E-state index in [0.29, 0.717) is 32.8 Å². The summed E-state index contributed by atoms with van der Waals surface area (Å²) in [6, 6.07) is -0.488. The summed E-state index contributed by atoms with van der Waals surface area (Å²) in [5.74, 6) is -0.256. The average Bonchev–Trinajstić information content (AvgIpc) is 2.44. The first-order valence-electron chi connectivity index (χ1n) is 7.48. The summed E-state index contributed by atoms with van der Waals surface area (Å²) in [5.41, 5.74) is 0. The molecule has 2 amide bonds. The molecule has 21 heavy (non-hydrogen) atoms. The number of carbonyl (C=O) groups excluding carboxylic acids is 2. The molecule has 122 valence electrons. The number of piperazine rings is 1. The van der Waals surface area contributed by atoms with Gasteiger partial charge in [0.2, 0.25) is 11.8 Å². The van der Waals surface area contributed by atoms with E-state index in [1.165, 1.54) is 6.92 Å². The van der Waals surface area contributed by atoms with Crippen LogP contribution in [-0.4, -0.2) is 84.8 Å². The first kappa shape index (κ1) is 17.9. The van der Waals surface area contributed by atoms with Gasteiger partial charge < -0.3 is 20.1 Å². The second kappa shape index (κ2) is 8.96. The van der Waals surface area contributed by atoms with E-state index in [-0.39, 0.29) is 11.8 Å². The zero-order valence-electron chi connectivity index (χ0n) is 13.2. The molecule has 2 N–H and O–H groups in total. The Morgan fingerprint density at radius 3 is 2.43 bits per heavy atom. The van der Waals surface area contributed by atoms with Gasteiger partial charge in [0.05, 0.1) is 12.7 Å². The molecular formula is C14H27N3O4. The smallest absolute Gasteiger partial charge is 0.244 e. The summed E-state index contributed by atoms with van der Waals surface area (Å²) in [5, 5.41) is 12.4. The Kier molecular flexibility index (Phi) is 7.63. The molecule has 1 fully saturated rings. The molecule has 0 radical (unpaired) electrons. The Hall–Kier alpha value is -1.18. The van der Waals surface area contributed by atoms with Gasteiger partial charge in [-0.15, -0.1) is 0 Å². The maximum absolute atomic E-state index is 12.1. The first-order chi connectivity index (χ1) is 9.93. The molecule has 1 aliphatic rings. The zero-order valence-corrected chi connectivity index (χ0v) is 13.2. The number of nitrogens with one attached hydrogen (secondary N) is 1. The van der Waals surface area contributed by atoms with Crippen molar-refractivity contribution < 1.29 is 19.4 Å². The third kappa shape index (κ3) is 6.41. The average molecular weight is 301 g/mol. The molecule has 0 aromatic heterocycles. The molecule has 1 rings (SSSR count). The summed E-state index contributed by atoms with van der Waals surface area (Å²) >= 11 is 0. The Bertz CT molecular complexity index is 343. The van der Waals surface area contributed by atoms with Crippen molar-refractivity contribution in [3.8, 4) is 0 Å². The zero-order chi connectivity index (χ0) is 15.8. The van der Waals surface area contributed by atoms with Crippen molar-refractivity contribution in [3.05, 3.63) is 0 Å². The number of carbonyl (C=O) groups is 2. The molecule has 0 aromatic carbocycles. The maximum Gasteiger partial charge on any atom is 0.244 e. The van der Waals surface area contributed by atoms with E-state index < -0.39 is 12.1 Å². The molecule has 0 unspecified atom stereocenters. The van der Waals surface area contributed by atoms with Crippen molar-refractivity contribution in [3.63, 3.8) is 0 Å². The van der Waals surface area contributed by atoms with Gasteiger partial charge in [0.25, 0.3) is 0 Å². The summed E-state index contributed by atoms with van der Waals surface area (Å²) < 4.78 is 5.18. The largest absolute Gasteiger partial charge is 0.389 e. The van der Waals surface area contributed by atoms with Crippen LogP contribution in [0.3, 0.4) is 0 Å². The lowest BCUT2D eigenvalue weighted by molar-refractivity contribution is -0.137. The minimum atomic E-state index is -0.495. The molecule has 1 heterocycles. The Labute approximate surface area is 126 Å². The van der Waals surface area contributed by atoms with Crippen LogP contribution in [0.1, 0.15) is 20.8 Å². The monoisotopic (exact) mass is 301 g/mol. The van der Waals surface area contributed by atoms with Gasteiger partial charge in [0.15, 0.2) is 0 Å². The highest BCUT2D eigenvalue weighted by molar-refractivity contribution is 5.86. The fraction of sp³-hybridized carbons (Fsp3) is 0.857. The van der Waals surface area contributed by atoms with E-state index in [4.69, 9.17) is 4.74 Å². The van der Waals surface area contributed by atoms with Crippen LogP contribution in [0, 0.1) is 0 Å². The van der Waals surface area contributed by atoms with Crippen LogP contribution in [-0.2, 0) is 14.3 Å². The van der Waals surface area contributed by atoms with E-state index in [9.17, 15) is 14.7 Å². The van der Waals surface area contributed by atoms with Gasteiger partial charge in [0.1, 0.15) is 6.04 Å². The van der Waals surface area contributed by atoms with E-state index in [0.717, 1.165) is 13.1 Å². The van der Waals surface area contributed by atoms with E-state index >= 15 is 0 Å². The fourth-order valence-electron chi connectivity index (χ4n) is 2.40. The number of aliphatic hydroxyl groups excluding tert-OH is 1. The topological polar surface area (TPSA) is 82.1 Å². The van der Waals surface area contributed by atoms with Crippen molar-refractivity contribution in [2.45, 2.75) is 32.9 Å². The van der Waals surface area contributed by atoms with E-state index in [1.54, 1.807) is 11.8 Å². The van der Waals surface area contributed by atoms with Crippen molar-refractivity contribution in [2.24, 2.45) is 0 Å². The Morgan fingerprint density at radius 1 is 1.29 bits per heavy atom. The van der Waals surface area contributed by atoms with Crippen molar-refractivity contribution in [1.82, 2.24) is 15.1 Å². The number of rotatable bonds is 7. The Balaban J connectivity index is 2.31. The maximum atomic E-state index is 12.1. The van der Waals surface area contributed by atoms with Crippen molar-refractivity contribution in [2.75, 3.05) is 45.9 Å². The van der Waals surface area contributed by atoms with Crippen LogP contribution in [0.4, 0.5) is 0 Å². The normalized spacial score (nSPS) is 19.1. The van der Waals surface area contributed by atoms with E-state index in [1.807, 2.05) is 6.92 Å². The molecule has 0 aliphatic carbocycles. The SMILES string of the molecule is CCOC[C@H](O)CN1CCN(C(=O)[C@H](C)NC(C)=O)CC1. The van der Waals surface area contributed by atoms with Crippen LogP contribution >= 0.6 is 0 Å². The lowest BCUT2D eigenvalue weighted by atomic mass is 10.2. The minimum absolute atomic E-state index is 0.0558. The van der Waals surface area contributed by atoms with Crippen LogP contribution in [0.5, 0.6) is 0 Å². The predicted molar refractivity (Wildman–Crippen MR) is 78.8 cm³/mol. The standard InChI is InChI=1S/C14H27N3O4/c1-4-21-10-13(19)9-16-5-7-17(8-6-16)14(20)11(2)15-12(3)18/h11,13,19H,4-10H2,1-3H3,(H,15,18)/t11-,13+/m0/s1. The van der Waals surface area contributed by atoms with Crippen LogP contribution in [0.25, 0.3) is 0 Å². The van der Waals surface area contributed by atoms with E-state index in [2.05, 4.69) is 10.2 Å².